The minimum absolute atomic E-state index is 0.0256. The molecule has 4 nitrogen and oxygen atoms in total. The number of aliphatic hydroxyl groups is 1. The van der Waals surface area contributed by atoms with Gasteiger partial charge in [0.2, 0.25) is 0 Å². The molecule has 1 aromatic rings. The number of halogens is 1. The fourth-order valence-corrected chi connectivity index (χ4v) is 2.90. The monoisotopic (exact) mass is 267 g/mol. The van der Waals surface area contributed by atoms with Gasteiger partial charge in [0.05, 0.1) is 17.8 Å². The van der Waals surface area contributed by atoms with E-state index in [4.69, 9.17) is 16.3 Å². The molecule has 2 aliphatic rings. The van der Waals surface area contributed by atoms with Crippen molar-refractivity contribution < 1.29 is 14.6 Å². The number of ether oxygens (including phenoxy) is 1. The van der Waals surface area contributed by atoms with E-state index < -0.39 is 6.10 Å². The second kappa shape index (κ2) is 4.44. The molecule has 1 heterocycles. The maximum absolute atomic E-state index is 12.0. The van der Waals surface area contributed by atoms with Gasteiger partial charge in [0.25, 0.3) is 5.91 Å². The van der Waals surface area contributed by atoms with Crippen molar-refractivity contribution in [2.45, 2.75) is 31.4 Å². The third kappa shape index (κ3) is 1.85. The number of anilines is 1. The first-order chi connectivity index (χ1) is 8.66. The number of carbonyl (C=O) groups is 1. The third-order valence-electron chi connectivity index (χ3n) is 3.58. The molecule has 1 amide bonds. The number of hydrogen-bond acceptors (Lipinski definition) is 3. The normalized spacial score (nSPS) is 27.0. The van der Waals surface area contributed by atoms with Crippen molar-refractivity contribution in [1.82, 2.24) is 0 Å². The van der Waals surface area contributed by atoms with Crippen molar-refractivity contribution >= 4 is 23.2 Å². The SMILES string of the molecule is O=C1COc2ccc(Cl)cc2N1[C@H]1CCC[C@@H]1O. The van der Waals surface area contributed by atoms with Gasteiger partial charge < -0.3 is 14.7 Å². The van der Waals surface area contributed by atoms with E-state index in [-0.39, 0.29) is 18.6 Å². The van der Waals surface area contributed by atoms with E-state index in [9.17, 15) is 9.90 Å². The molecular formula is C13H14ClNO3. The molecule has 5 heteroatoms. The maximum Gasteiger partial charge on any atom is 0.265 e. The highest BCUT2D eigenvalue weighted by atomic mass is 35.5. The Morgan fingerprint density at radius 2 is 2.22 bits per heavy atom. The maximum atomic E-state index is 12.0. The summed E-state index contributed by atoms with van der Waals surface area (Å²) < 4.78 is 5.38. The number of amides is 1. The fraction of sp³-hybridized carbons (Fsp3) is 0.462. The summed E-state index contributed by atoms with van der Waals surface area (Å²) in [6.07, 6.45) is 2.04. The van der Waals surface area contributed by atoms with Gasteiger partial charge in [-0.15, -0.1) is 0 Å². The van der Waals surface area contributed by atoms with E-state index in [0.717, 1.165) is 19.3 Å². The summed E-state index contributed by atoms with van der Waals surface area (Å²) in [5.74, 6) is 0.536. The van der Waals surface area contributed by atoms with Gasteiger partial charge in [-0.1, -0.05) is 11.6 Å². The summed E-state index contributed by atoms with van der Waals surface area (Å²) in [5, 5.41) is 10.5. The number of rotatable bonds is 1. The van der Waals surface area contributed by atoms with Gasteiger partial charge in [0, 0.05) is 5.02 Å². The molecule has 96 valence electrons. The highest BCUT2D eigenvalue weighted by Crippen LogP contribution is 2.38. The van der Waals surface area contributed by atoms with Crippen molar-refractivity contribution in [2.24, 2.45) is 0 Å². The first-order valence-corrected chi connectivity index (χ1v) is 6.47. The third-order valence-corrected chi connectivity index (χ3v) is 3.81. The van der Waals surface area contributed by atoms with E-state index >= 15 is 0 Å². The van der Waals surface area contributed by atoms with Crippen LogP contribution in [0.3, 0.4) is 0 Å². The number of benzene rings is 1. The van der Waals surface area contributed by atoms with Crippen LogP contribution in [-0.4, -0.2) is 29.8 Å². The Labute approximate surface area is 110 Å². The lowest BCUT2D eigenvalue weighted by molar-refractivity contribution is -0.122. The zero-order valence-electron chi connectivity index (χ0n) is 9.80. The molecule has 18 heavy (non-hydrogen) atoms. The van der Waals surface area contributed by atoms with Crippen molar-refractivity contribution in [3.8, 4) is 5.75 Å². The van der Waals surface area contributed by atoms with Crippen molar-refractivity contribution in [3.05, 3.63) is 23.2 Å². The van der Waals surface area contributed by atoms with Crippen LogP contribution in [0.2, 0.25) is 5.02 Å². The summed E-state index contributed by atoms with van der Waals surface area (Å²) in [6.45, 7) is 0.0256. The van der Waals surface area contributed by atoms with Gasteiger partial charge in [-0.05, 0) is 37.5 Å². The molecule has 0 saturated heterocycles. The Morgan fingerprint density at radius 3 is 2.94 bits per heavy atom. The van der Waals surface area contributed by atoms with Crippen LogP contribution in [0.25, 0.3) is 0 Å². The predicted molar refractivity (Wildman–Crippen MR) is 68.1 cm³/mol. The van der Waals surface area contributed by atoms with Crippen LogP contribution < -0.4 is 9.64 Å². The van der Waals surface area contributed by atoms with Crippen molar-refractivity contribution in [2.75, 3.05) is 11.5 Å². The number of nitrogens with zero attached hydrogens (tertiary/aromatic N) is 1. The van der Waals surface area contributed by atoms with Crippen LogP contribution in [0, 0.1) is 0 Å². The Morgan fingerprint density at radius 1 is 1.39 bits per heavy atom. The van der Waals surface area contributed by atoms with Crippen molar-refractivity contribution in [3.63, 3.8) is 0 Å². The van der Waals surface area contributed by atoms with Crippen LogP contribution in [-0.2, 0) is 4.79 Å². The van der Waals surface area contributed by atoms with E-state index in [2.05, 4.69) is 0 Å². The first kappa shape index (κ1) is 11.8. The zero-order chi connectivity index (χ0) is 12.7. The molecule has 1 aromatic carbocycles. The highest BCUT2D eigenvalue weighted by Gasteiger charge is 2.38. The van der Waals surface area contributed by atoms with Crippen LogP contribution in [0.5, 0.6) is 5.75 Å². The van der Waals surface area contributed by atoms with Crippen LogP contribution in [0.1, 0.15) is 19.3 Å². The van der Waals surface area contributed by atoms with Crippen LogP contribution in [0.4, 0.5) is 5.69 Å². The number of carbonyl (C=O) groups excluding carboxylic acids is 1. The molecular weight excluding hydrogens is 254 g/mol. The van der Waals surface area contributed by atoms with E-state index in [1.54, 1.807) is 23.1 Å². The Kier molecular flexibility index (Phi) is 2.92. The standard InChI is InChI=1S/C13H14ClNO3/c14-8-4-5-12-10(6-8)15(13(17)7-18-12)9-2-1-3-11(9)16/h4-6,9,11,16H,1-3,7H2/t9-,11-/m0/s1. The molecule has 1 saturated carbocycles. The van der Waals surface area contributed by atoms with Gasteiger partial charge >= 0.3 is 0 Å². The van der Waals surface area contributed by atoms with E-state index in [0.29, 0.717) is 16.5 Å². The van der Waals surface area contributed by atoms with E-state index in [1.807, 2.05) is 0 Å². The number of fused-ring (bicyclic) bond motifs is 1. The predicted octanol–water partition coefficient (Wildman–Crippen LogP) is 1.98. The molecule has 1 aliphatic carbocycles. The molecule has 1 aliphatic heterocycles. The average molecular weight is 268 g/mol. The fourth-order valence-electron chi connectivity index (χ4n) is 2.73. The number of aliphatic hydroxyl groups excluding tert-OH is 1. The second-order valence-electron chi connectivity index (χ2n) is 4.73. The number of hydrogen-bond donors (Lipinski definition) is 1. The first-order valence-electron chi connectivity index (χ1n) is 6.09. The summed E-state index contributed by atoms with van der Waals surface area (Å²) in [4.78, 5) is 13.7. The van der Waals surface area contributed by atoms with Gasteiger partial charge in [-0.2, -0.15) is 0 Å². The van der Waals surface area contributed by atoms with Gasteiger partial charge in [-0.25, -0.2) is 0 Å². The smallest absolute Gasteiger partial charge is 0.265 e. The molecule has 0 unspecified atom stereocenters. The van der Waals surface area contributed by atoms with Crippen molar-refractivity contribution in [1.29, 1.82) is 0 Å². The Balaban J connectivity index is 2.03. The average Bonchev–Trinajstić information content (AvgIpc) is 2.75. The lowest BCUT2D eigenvalue weighted by Gasteiger charge is -2.35. The molecule has 1 fully saturated rings. The second-order valence-corrected chi connectivity index (χ2v) is 5.17. The zero-order valence-corrected chi connectivity index (χ0v) is 10.6. The van der Waals surface area contributed by atoms with Gasteiger partial charge in [0.15, 0.2) is 6.61 Å². The molecule has 3 rings (SSSR count). The topological polar surface area (TPSA) is 49.8 Å². The summed E-state index contributed by atoms with van der Waals surface area (Å²) in [6, 6.07) is 5.07. The molecule has 0 radical (unpaired) electrons. The quantitative estimate of drug-likeness (QED) is 0.846. The molecule has 0 spiro atoms. The summed E-state index contributed by atoms with van der Waals surface area (Å²) >= 11 is 5.98. The Bertz CT molecular complexity index is 491. The molecule has 0 aromatic heterocycles. The minimum atomic E-state index is -0.459. The van der Waals surface area contributed by atoms with Crippen LogP contribution in [0.15, 0.2) is 18.2 Å². The lowest BCUT2D eigenvalue weighted by atomic mass is 10.1. The lowest BCUT2D eigenvalue weighted by Crippen LogP contribution is -2.48. The summed E-state index contributed by atoms with van der Waals surface area (Å²) in [5.41, 5.74) is 0.671. The minimum Gasteiger partial charge on any atom is -0.482 e. The van der Waals surface area contributed by atoms with Gasteiger partial charge in [-0.3, -0.25) is 4.79 Å². The molecule has 2 atom stereocenters. The Hall–Kier alpha value is -1.26. The molecule has 0 bridgehead atoms. The highest BCUT2D eigenvalue weighted by molar-refractivity contribution is 6.31. The summed E-state index contributed by atoms with van der Waals surface area (Å²) in [7, 11) is 0. The largest absolute Gasteiger partial charge is 0.482 e. The van der Waals surface area contributed by atoms with Gasteiger partial charge in [0.1, 0.15) is 5.75 Å². The van der Waals surface area contributed by atoms with E-state index in [1.165, 1.54) is 0 Å². The molecule has 1 N–H and O–H groups in total. The van der Waals surface area contributed by atoms with Crippen LogP contribution >= 0.6 is 11.6 Å².